The Bertz CT molecular complexity index is 771. The highest BCUT2D eigenvalue weighted by Crippen LogP contribution is 2.34. The fourth-order valence-electron chi connectivity index (χ4n) is 3.54. The molecule has 2 aromatic rings. The maximum absolute atomic E-state index is 12.7. The number of ether oxygens (including phenoxy) is 2. The summed E-state index contributed by atoms with van der Waals surface area (Å²) in [5, 5.41) is 3.01. The molecule has 0 bridgehead atoms. The van der Waals surface area contributed by atoms with E-state index in [0.717, 1.165) is 42.2 Å². The van der Waals surface area contributed by atoms with E-state index in [1.54, 1.807) is 7.11 Å². The maximum atomic E-state index is 12.7. The van der Waals surface area contributed by atoms with Gasteiger partial charge in [-0.2, -0.15) is 0 Å². The van der Waals surface area contributed by atoms with Gasteiger partial charge in [-0.05, 0) is 48.2 Å². The van der Waals surface area contributed by atoms with Crippen molar-refractivity contribution in [2.75, 3.05) is 19.0 Å². The van der Waals surface area contributed by atoms with Crippen LogP contribution >= 0.6 is 0 Å². The van der Waals surface area contributed by atoms with Crippen LogP contribution in [0.4, 0.5) is 10.5 Å². The Kier molecular flexibility index (Phi) is 4.46. The Balaban J connectivity index is 1.46. The molecule has 3 heterocycles. The first-order valence-electron chi connectivity index (χ1n) is 8.59. The zero-order valence-electron chi connectivity index (χ0n) is 14.3. The quantitative estimate of drug-likeness (QED) is 0.917. The third-order valence-electron chi connectivity index (χ3n) is 4.78. The molecule has 0 unspecified atom stereocenters. The summed E-state index contributed by atoms with van der Waals surface area (Å²) in [5.74, 6) is 1.60. The average molecular weight is 342 g/mol. The summed E-state index contributed by atoms with van der Waals surface area (Å²) >= 11 is 0. The molecule has 6 heteroatoms. The fraction of sp³-hybridized carbons (Fsp3) is 0.421. The van der Waals surface area contributed by atoms with Crippen LogP contribution in [0.3, 0.4) is 0 Å². The molecule has 1 N–H and O–H groups in total. The van der Waals surface area contributed by atoms with E-state index in [0.29, 0.717) is 19.8 Å². The predicted molar refractivity (Wildman–Crippen MR) is 92.1 cm³/mol. The van der Waals surface area contributed by atoms with Crippen LogP contribution in [0.2, 0.25) is 0 Å². The molecule has 132 valence electrons. The first-order valence-corrected chi connectivity index (χ1v) is 8.59. The van der Waals surface area contributed by atoms with Crippen LogP contribution in [-0.2, 0) is 29.3 Å². The molecule has 1 aromatic heterocycles. The average Bonchev–Trinajstić information content (AvgIpc) is 3.34. The minimum atomic E-state index is -0.0916. The van der Waals surface area contributed by atoms with E-state index in [2.05, 4.69) is 5.32 Å². The molecule has 2 amide bonds. The number of carbonyl (C=O) groups excluding carboxylic acids is 1. The van der Waals surface area contributed by atoms with Crippen LogP contribution in [0.25, 0.3) is 0 Å². The Morgan fingerprint density at radius 3 is 3.04 bits per heavy atom. The number of carbonyl (C=O) groups is 1. The maximum Gasteiger partial charge on any atom is 0.322 e. The number of anilines is 1. The van der Waals surface area contributed by atoms with Crippen LogP contribution in [0.5, 0.6) is 0 Å². The largest absolute Gasteiger partial charge is 0.461 e. The lowest BCUT2D eigenvalue weighted by Gasteiger charge is -2.23. The van der Waals surface area contributed by atoms with E-state index in [1.165, 1.54) is 5.56 Å². The number of hydrogen-bond donors (Lipinski definition) is 1. The number of nitrogens with zero attached hydrogens (tertiary/aromatic N) is 1. The fourth-order valence-corrected chi connectivity index (χ4v) is 3.54. The number of methoxy groups -OCH3 is 1. The van der Waals surface area contributed by atoms with Crippen LogP contribution in [0.1, 0.15) is 41.5 Å². The van der Waals surface area contributed by atoms with E-state index in [1.807, 2.05) is 35.2 Å². The molecule has 0 aliphatic carbocycles. The van der Waals surface area contributed by atoms with Gasteiger partial charge in [-0.3, -0.25) is 0 Å². The Labute approximate surface area is 146 Å². The van der Waals surface area contributed by atoms with Crippen molar-refractivity contribution in [2.45, 2.75) is 38.7 Å². The van der Waals surface area contributed by atoms with Gasteiger partial charge in [0.15, 0.2) is 0 Å². The summed E-state index contributed by atoms with van der Waals surface area (Å²) in [7, 11) is 1.64. The van der Waals surface area contributed by atoms with E-state index < -0.39 is 0 Å². The number of furan rings is 1. The third-order valence-corrected chi connectivity index (χ3v) is 4.78. The standard InChI is InChI=1S/C19H22N2O4/c1-23-12-16-6-7-18(25-16)17-3-2-8-21(17)19(22)20-15-5-4-13-10-24-11-14(13)9-15/h4-7,9,17H,2-3,8,10-12H2,1H3,(H,20,22)/t17-/m0/s1. The summed E-state index contributed by atoms with van der Waals surface area (Å²) in [4.78, 5) is 14.6. The molecule has 0 radical (unpaired) electrons. The minimum absolute atomic E-state index is 0.0247. The first-order chi connectivity index (χ1) is 12.2. The zero-order valence-corrected chi connectivity index (χ0v) is 14.3. The van der Waals surface area contributed by atoms with Crippen LogP contribution in [0, 0.1) is 0 Å². The van der Waals surface area contributed by atoms with E-state index in [4.69, 9.17) is 13.9 Å². The van der Waals surface area contributed by atoms with Gasteiger partial charge in [0.25, 0.3) is 0 Å². The van der Waals surface area contributed by atoms with E-state index >= 15 is 0 Å². The van der Waals surface area contributed by atoms with Crippen molar-refractivity contribution in [1.29, 1.82) is 0 Å². The summed E-state index contributed by atoms with van der Waals surface area (Å²) in [5.41, 5.74) is 3.14. The highest BCUT2D eigenvalue weighted by molar-refractivity contribution is 5.90. The minimum Gasteiger partial charge on any atom is -0.461 e. The zero-order chi connectivity index (χ0) is 17.2. The van der Waals surface area contributed by atoms with Gasteiger partial charge in [-0.15, -0.1) is 0 Å². The lowest BCUT2D eigenvalue weighted by atomic mass is 10.1. The molecule has 25 heavy (non-hydrogen) atoms. The molecule has 0 spiro atoms. The van der Waals surface area contributed by atoms with Gasteiger partial charge in [0.2, 0.25) is 0 Å². The molecule has 2 aliphatic heterocycles. The second-order valence-electron chi connectivity index (χ2n) is 6.49. The second-order valence-corrected chi connectivity index (χ2v) is 6.49. The summed E-state index contributed by atoms with van der Waals surface area (Å²) in [6.07, 6.45) is 1.88. The molecule has 4 rings (SSSR count). The Morgan fingerprint density at radius 1 is 1.28 bits per heavy atom. The summed E-state index contributed by atoms with van der Waals surface area (Å²) in [6, 6.07) is 9.68. The number of nitrogens with one attached hydrogen (secondary N) is 1. The van der Waals surface area contributed by atoms with Crippen molar-refractivity contribution in [1.82, 2.24) is 4.90 Å². The smallest absolute Gasteiger partial charge is 0.322 e. The van der Waals surface area contributed by atoms with E-state index in [9.17, 15) is 4.79 Å². The van der Waals surface area contributed by atoms with Crippen molar-refractivity contribution in [3.05, 3.63) is 53.0 Å². The van der Waals surface area contributed by atoms with Crippen molar-refractivity contribution in [3.63, 3.8) is 0 Å². The van der Waals surface area contributed by atoms with Gasteiger partial charge < -0.3 is 24.1 Å². The molecular weight excluding hydrogens is 320 g/mol. The number of fused-ring (bicyclic) bond motifs is 1. The normalized spacial score (nSPS) is 19.2. The highest BCUT2D eigenvalue weighted by atomic mass is 16.5. The molecular formula is C19H22N2O4. The monoisotopic (exact) mass is 342 g/mol. The number of rotatable bonds is 4. The van der Waals surface area contributed by atoms with Gasteiger partial charge in [-0.1, -0.05) is 6.07 Å². The number of hydrogen-bond acceptors (Lipinski definition) is 4. The number of amides is 2. The van der Waals surface area contributed by atoms with Crippen molar-refractivity contribution in [3.8, 4) is 0 Å². The predicted octanol–water partition coefficient (Wildman–Crippen LogP) is 3.83. The summed E-state index contributed by atoms with van der Waals surface area (Å²) in [6.45, 7) is 2.43. The summed E-state index contributed by atoms with van der Waals surface area (Å²) < 4.78 is 16.4. The Morgan fingerprint density at radius 2 is 2.16 bits per heavy atom. The van der Waals surface area contributed by atoms with Crippen molar-refractivity contribution in [2.24, 2.45) is 0 Å². The van der Waals surface area contributed by atoms with E-state index in [-0.39, 0.29) is 12.1 Å². The van der Waals surface area contributed by atoms with Gasteiger partial charge in [0.1, 0.15) is 18.1 Å². The van der Waals surface area contributed by atoms with Crippen LogP contribution in [-0.4, -0.2) is 24.6 Å². The lowest BCUT2D eigenvalue weighted by Crippen LogP contribution is -2.34. The Hall–Kier alpha value is -2.31. The molecule has 1 atom stereocenters. The first kappa shape index (κ1) is 16.2. The third kappa shape index (κ3) is 3.27. The molecule has 1 fully saturated rings. The molecule has 1 aromatic carbocycles. The van der Waals surface area contributed by atoms with Gasteiger partial charge in [0.05, 0.1) is 19.3 Å². The molecule has 1 saturated heterocycles. The van der Waals surface area contributed by atoms with Crippen molar-refractivity contribution >= 4 is 11.7 Å². The molecule has 0 saturated carbocycles. The van der Waals surface area contributed by atoms with Gasteiger partial charge in [0, 0.05) is 19.3 Å². The highest BCUT2D eigenvalue weighted by Gasteiger charge is 2.32. The van der Waals surface area contributed by atoms with Gasteiger partial charge in [-0.25, -0.2) is 4.79 Å². The number of likely N-dealkylation sites (tertiary alicyclic amines) is 1. The molecule has 2 aliphatic rings. The van der Waals surface area contributed by atoms with Crippen molar-refractivity contribution < 1.29 is 18.7 Å². The molecule has 6 nitrogen and oxygen atoms in total. The van der Waals surface area contributed by atoms with Gasteiger partial charge >= 0.3 is 6.03 Å². The topological polar surface area (TPSA) is 63.9 Å². The van der Waals surface area contributed by atoms with Crippen LogP contribution < -0.4 is 5.32 Å². The SMILES string of the molecule is COCc1ccc([C@@H]2CCCN2C(=O)Nc2ccc3c(c2)COC3)o1. The lowest BCUT2D eigenvalue weighted by molar-refractivity contribution is 0.134. The van der Waals surface area contributed by atoms with Crippen LogP contribution in [0.15, 0.2) is 34.7 Å². The number of urea groups is 1. The second kappa shape index (κ2) is 6.90. The number of benzene rings is 1.